The summed E-state index contributed by atoms with van der Waals surface area (Å²) in [6, 6.07) is 0. The summed E-state index contributed by atoms with van der Waals surface area (Å²) in [5.41, 5.74) is 0.613. The molecule has 0 unspecified atom stereocenters. The fourth-order valence-corrected chi connectivity index (χ4v) is 10.2. The molecule has 0 spiro atoms. The molecule has 0 radical (unpaired) electrons. The summed E-state index contributed by atoms with van der Waals surface area (Å²) in [6.45, 7) is 14.7. The molecule has 10 atom stereocenters. The Balaban J connectivity index is 1.55. The molecule has 180 valence electrons. The van der Waals surface area contributed by atoms with E-state index in [2.05, 4.69) is 41.5 Å². The summed E-state index contributed by atoms with van der Waals surface area (Å²) in [5, 5.41) is 22.2. The van der Waals surface area contributed by atoms with E-state index in [9.17, 15) is 10.2 Å². The van der Waals surface area contributed by atoms with E-state index in [0.717, 1.165) is 61.7 Å². The van der Waals surface area contributed by atoms with Crippen LogP contribution in [0.25, 0.3) is 0 Å². The van der Waals surface area contributed by atoms with Gasteiger partial charge in [0.25, 0.3) is 0 Å². The van der Waals surface area contributed by atoms with Crippen LogP contribution in [0.2, 0.25) is 0 Å². The van der Waals surface area contributed by atoms with E-state index in [0.29, 0.717) is 11.3 Å². The second kappa shape index (κ2) is 8.61. The van der Waals surface area contributed by atoms with Crippen LogP contribution in [-0.2, 0) is 0 Å². The maximum Gasteiger partial charge on any atom is 0.0605 e. The van der Waals surface area contributed by atoms with Gasteiger partial charge in [-0.05, 0) is 104 Å². The van der Waals surface area contributed by atoms with Crippen molar-refractivity contribution in [2.24, 2.45) is 51.8 Å². The molecule has 0 aromatic carbocycles. The van der Waals surface area contributed by atoms with E-state index in [1.54, 1.807) is 0 Å². The molecule has 2 nitrogen and oxygen atoms in total. The molecule has 0 aromatic rings. The second-order valence-electron chi connectivity index (χ2n) is 13.5. The molecule has 0 aliphatic heterocycles. The van der Waals surface area contributed by atoms with Crippen molar-refractivity contribution in [3.05, 3.63) is 0 Å². The molecular weight excluding hydrogens is 380 g/mol. The quantitative estimate of drug-likeness (QED) is 0.465. The van der Waals surface area contributed by atoms with Gasteiger partial charge in [-0.25, -0.2) is 0 Å². The second-order valence-corrected chi connectivity index (χ2v) is 13.5. The molecular formula is C29H52O2. The molecule has 4 aliphatic carbocycles. The Kier molecular flexibility index (Phi) is 6.68. The first-order chi connectivity index (χ1) is 14.6. The molecule has 2 N–H and O–H groups in total. The van der Waals surface area contributed by atoms with Gasteiger partial charge in [0.2, 0.25) is 0 Å². The minimum absolute atomic E-state index is 0.0677. The van der Waals surface area contributed by atoms with Gasteiger partial charge in [0, 0.05) is 5.41 Å². The van der Waals surface area contributed by atoms with Gasteiger partial charge in [-0.1, -0.05) is 60.8 Å². The predicted molar refractivity (Wildman–Crippen MR) is 130 cm³/mol. The van der Waals surface area contributed by atoms with Gasteiger partial charge in [-0.2, -0.15) is 0 Å². The Morgan fingerprint density at radius 1 is 0.903 bits per heavy atom. The van der Waals surface area contributed by atoms with Crippen molar-refractivity contribution >= 4 is 0 Å². The number of rotatable bonds is 6. The zero-order chi connectivity index (χ0) is 22.6. The van der Waals surface area contributed by atoms with Gasteiger partial charge in [0.1, 0.15) is 0 Å². The van der Waals surface area contributed by atoms with Gasteiger partial charge in [-0.15, -0.1) is 0 Å². The maximum absolute atomic E-state index is 11.6. The zero-order valence-corrected chi connectivity index (χ0v) is 21.5. The highest BCUT2D eigenvalue weighted by Crippen LogP contribution is 2.72. The average molecular weight is 433 g/mol. The molecule has 0 amide bonds. The minimum Gasteiger partial charge on any atom is -0.393 e. The number of hydrogen-bond acceptors (Lipinski definition) is 2. The van der Waals surface area contributed by atoms with Gasteiger partial charge < -0.3 is 10.2 Å². The molecule has 4 aliphatic rings. The van der Waals surface area contributed by atoms with Crippen LogP contribution in [0.1, 0.15) is 119 Å². The van der Waals surface area contributed by atoms with E-state index < -0.39 is 0 Å². The first-order valence-corrected chi connectivity index (χ1v) is 13.9. The van der Waals surface area contributed by atoms with Gasteiger partial charge in [0.05, 0.1) is 12.2 Å². The highest BCUT2D eigenvalue weighted by Gasteiger charge is 2.66. The standard InChI is InChI=1S/C29H52O2/c1-7-29-18-21(30)13-16-28(29,6)25-14-15-27(5)23(20(4)10-8-9-19(2)3)11-12-24(27)22(25)17-26(29)31/h19-26,30-31H,7-18H2,1-6H3/t20-,21+,22+,23-,24+,25+,26-,27-,28-,29-/m1/s1. The number of fused-ring (bicyclic) bond motifs is 5. The predicted octanol–water partition coefficient (Wildman–Crippen LogP) is 7.22. The molecule has 0 aromatic heterocycles. The van der Waals surface area contributed by atoms with Crippen LogP contribution >= 0.6 is 0 Å². The number of aliphatic hydroxyl groups is 2. The summed E-state index contributed by atoms with van der Waals surface area (Å²) in [6.07, 6.45) is 14.1. The Labute approximate surface area is 193 Å². The van der Waals surface area contributed by atoms with Crippen molar-refractivity contribution in [1.82, 2.24) is 0 Å². The van der Waals surface area contributed by atoms with Gasteiger partial charge >= 0.3 is 0 Å². The van der Waals surface area contributed by atoms with E-state index in [4.69, 9.17) is 0 Å². The summed E-state index contributed by atoms with van der Waals surface area (Å²) in [4.78, 5) is 0. The highest BCUT2D eigenvalue weighted by molar-refractivity contribution is 5.15. The van der Waals surface area contributed by atoms with Crippen LogP contribution in [-0.4, -0.2) is 22.4 Å². The Morgan fingerprint density at radius 2 is 1.65 bits per heavy atom. The Bertz CT molecular complexity index is 630. The molecule has 4 fully saturated rings. The minimum atomic E-state index is -0.233. The lowest BCUT2D eigenvalue weighted by Gasteiger charge is -2.67. The van der Waals surface area contributed by atoms with Crippen LogP contribution in [0.15, 0.2) is 0 Å². The smallest absolute Gasteiger partial charge is 0.0605 e. The third-order valence-corrected chi connectivity index (χ3v) is 12.0. The van der Waals surface area contributed by atoms with Crippen LogP contribution < -0.4 is 0 Å². The van der Waals surface area contributed by atoms with Crippen molar-refractivity contribution in [1.29, 1.82) is 0 Å². The maximum atomic E-state index is 11.6. The molecule has 4 rings (SSSR count). The lowest BCUT2D eigenvalue weighted by atomic mass is 9.38. The van der Waals surface area contributed by atoms with E-state index in [1.807, 2.05) is 0 Å². The molecule has 2 heteroatoms. The monoisotopic (exact) mass is 432 g/mol. The van der Waals surface area contributed by atoms with Crippen LogP contribution in [0.4, 0.5) is 0 Å². The van der Waals surface area contributed by atoms with E-state index in [-0.39, 0.29) is 23.0 Å². The molecule has 4 saturated carbocycles. The molecule has 0 saturated heterocycles. The molecule has 0 bridgehead atoms. The van der Waals surface area contributed by atoms with Crippen molar-refractivity contribution in [2.45, 2.75) is 131 Å². The number of hydrogen-bond donors (Lipinski definition) is 2. The third-order valence-electron chi connectivity index (χ3n) is 12.0. The largest absolute Gasteiger partial charge is 0.393 e. The fraction of sp³-hybridized carbons (Fsp3) is 1.00. The number of aliphatic hydroxyl groups excluding tert-OH is 2. The highest BCUT2D eigenvalue weighted by atomic mass is 16.3. The zero-order valence-electron chi connectivity index (χ0n) is 21.5. The Morgan fingerprint density at radius 3 is 2.32 bits per heavy atom. The lowest BCUT2D eigenvalue weighted by Crippen LogP contribution is -2.64. The van der Waals surface area contributed by atoms with Gasteiger partial charge in [-0.3, -0.25) is 0 Å². The summed E-state index contributed by atoms with van der Waals surface area (Å²) < 4.78 is 0. The third kappa shape index (κ3) is 3.65. The van der Waals surface area contributed by atoms with Crippen LogP contribution in [0.5, 0.6) is 0 Å². The normalized spacial score (nSPS) is 50.6. The summed E-state index contributed by atoms with van der Waals surface area (Å²) >= 11 is 0. The van der Waals surface area contributed by atoms with Crippen molar-refractivity contribution in [3.63, 3.8) is 0 Å². The van der Waals surface area contributed by atoms with Crippen LogP contribution in [0.3, 0.4) is 0 Å². The Hall–Kier alpha value is -0.0800. The average Bonchev–Trinajstić information content (AvgIpc) is 3.06. The van der Waals surface area contributed by atoms with E-state index >= 15 is 0 Å². The first kappa shape index (κ1) is 24.1. The van der Waals surface area contributed by atoms with Gasteiger partial charge in [0.15, 0.2) is 0 Å². The SMILES string of the molecule is CC[C@]12C[C@@H](O)CC[C@]1(C)[C@H]1CC[C@]3(C)[C@@H]([C@H](C)CCCC(C)C)CC[C@H]3[C@@H]1C[C@H]2O. The molecule has 0 heterocycles. The summed E-state index contributed by atoms with van der Waals surface area (Å²) in [5.74, 6) is 4.79. The van der Waals surface area contributed by atoms with E-state index in [1.165, 1.54) is 44.9 Å². The van der Waals surface area contributed by atoms with Crippen molar-refractivity contribution in [2.75, 3.05) is 0 Å². The topological polar surface area (TPSA) is 40.5 Å². The summed E-state index contributed by atoms with van der Waals surface area (Å²) in [7, 11) is 0. The first-order valence-electron chi connectivity index (χ1n) is 13.9. The lowest BCUT2D eigenvalue weighted by molar-refractivity contribution is -0.228. The van der Waals surface area contributed by atoms with Crippen LogP contribution in [0, 0.1) is 51.8 Å². The van der Waals surface area contributed by atoms with Crippen molar-refractivity contribution < 1.29 is 10.2 Å². The van der Waals surface area contributed by atoms with Crippen molar-refractivity contribution in [3.8, 4) is 0 Å². The fourth-order valence-electron chi connectivity index (χ4n) is 10.2. The molecule has 31 heavy (non-hydrogen) atoms.